The third kappa shape index (κ3) is 4.53. The molecule has 26 heavy (non-hydrogen) atoms. The summed E-state index contributed by atoms with van der Waals surface area (Å²) in [6.07, 6.45) is 1.06. The molecule has 0 heterocycles. The number of ether oxygens (including phenoxy) is 2. The van der Waals surface area contributed by atoms with E-state index in [1.165, 1.54) is 21.3 Å². The number of amides is 1. The van der Waals surface area contributed by atoms with Crippen LogP contribution >= 0.6 is 0 Å². The molecule has 1 atom stereocenters. The maximum atomic E-state index is 12.9. The molecular weight excluding hydrogens is 356 g/mol. The molecule has 7 nitrogen and oxygen atoms in total. The fraction of sp³-hybridized carbons (Fsp3) is 0.278. The SMILES string of the molecule is COc1ccc(NC(=O)C(c2ccccc2)N(C)S(C)(=O)=O)cc1OC. The Bertz CT molecular complexity index is 868. The summed E-state index contributed by atoms with van der Waals surface area (Å²) in [4.78, 5) is 12.9. The minimum Gasteiger partial charge on any atom is -0.493 e. The van der Waals surface area contributed by atoms with Crippen molar-refractivity contribution in [2.24, 2.45) is 0 Å². The zero-order chi connectivity index (χ0) is 19.3. The van der Waals surface area contributed by atoms with Gasteiger partial charge < -0.3 is 14.8 Å². The van der Waals surface area contributed by atoms with Crippen molar-refractivity contribution in [1.29, 1.82) is 0 Å². The Balaban J connectivity index is 2.36. The van der Waals surface area contributed by atoms with Gasteiger partial charge in [0.25, 0.3) is 0 Å². The minimum atomic E-state index is -3.58. The third-order valence-corrected chi connectivity index (χ3v) is 5.16. The number of benzene rings is 2. The first-order valence-electron chi connectivity index (χ1n) is 7.78. The summed E-state index contributed by atoms with van der Waals surface area (Å²) < 4.78 is 35.4. The molecule has 0 saturated carbocycles. The van der Waals surface area contributed by atoms with Crippen molar-refractivity contribution in [2.45, 2.75) is 6.04 Å². The molecular formula is C18H22N2O5S. The van der Waals surface area contributed by atoms with E-state index in [0.29, 0.717) is 22.7 Å². The maximum absolute atomic E-state index is 12.9. The van der Waals surface area contributed by atoms with E-state index >= 15 is 0 Å². The Kier molecular flexibility index (Phi) is 6.23. The van der Waals surface area contributed by atoms with Gasteiger partial charge in [0.1, 0.15) is 6.04 Å². The summed E-state index contributed by atoms with van der Waals surface area (Å²) in [5.41, 5.74) is 1.04. The first-order valence-corrected chi connectivity index (χ1v) is 9.63. The summed E-state index contributed by atoms with van der Waals surface area (Å²) in [6, 6.07) is 12.6. The van der Waals surface area contributed by atoms with Gasteiger partial charge in [0, 0.05) is 18.8 Å². The largest absolute Gasteiger partial charge is 0.493 e. The fourth-order valence-electron chi connectivity index (χ4n) is 2.48. The van der Waals surface area contributed by atoms with Crippen LogP contribution in [0.3, 0.4) is 0 Å². The molecule has 0 aliphatic heterocycles. The van der Waals surface area contributed by atoms with Crippen molar-refractivity contribution < 1.29 is 22.7 Å². The predicted octanol–water partition coefficient (Wildman–Crippen LogP) is 2.28. The number of hydrogen-bond acceptors (Lipinski definition) is 5. The molecule has 1 amide bonds. The predicted molar refractivity (Wildman–Crippen MR) is 100.0 cm³/mol. The molecule has 0 aliphatic carbocycles. The van der Waals surface area contributed by atoms with E-state index < -0.39 is 22.0 Å². The first kappa shape index (κ1) is 19.7. The van der Waals surface area contributed by atoms with Crippen molar-refractivity contribution in [1.82, 2.24) is 4.31 Å². The van der Waals surface area contributed by atoms with Gasteiger partial charge in [0.2, 0.25) is 15.9 Å². The highest BCUT2D eigenvalue weighted by atomic mass is 32.2. The van der Waals surface area contributed by atoms with Crippen molar-refractivity contribution in [3.05, 3.63) is 54.1 Å². The number of methoxy groups -OCH3 is 2. The van der Waals surface area contributed by atoms with Crippen LogP contribution in [0.15, 0.2) is 48.5 Å². The van der Waals surface area contributed by atoms with Crippen LogP contribution in [-0.2, 0) is 14.8 Å². The average Bonchev–Trinajstić information content (AvgIpc) is 2.61. The van der Waals surface area contributed by atoms with Crippen LogP contribution in [0.25, 0.3) is 0 Å². The van der Waals surface area contributed by atoms with Crippen LogP contribution in [0.1, 0.15) is 11.6 Å². The molecule has 0 aromatic heterocycles. The van der Waals surface area contributed by atoms with E-state index in [1.54, 1.807) is 48.5 Å². The minimum absolute atomic E-state index is 0.457. The highest BCUT2D eigenvalue weighted by Gasteiger charge is 2.30. The number of nitrogens with one attached hydrogen (secondary N) is 1. The van der Waals surface area contributed by atoms with Crippen molar-refractivity contribution in [2.75, 3.05) is 32.8 Å². The van der Waals surface area contributed by atoms with Gasteiger partial charge in [-0.1, -0.05) is 30.3 Å². The van der Waals surface area contributed by atoms with E-state index in [-0.39, 0.29) is 0 Å². The molecule has 0 bridgehead atoms. The smallest absolute Gasteiger partial charge is 0.247 e. The van der Waals surface area contributed by atoms with E-state index in [1.807, 2.05) is 0 Å². The molecule has 1 unspecified atom stereocenters. The number of rotatable bonds is 7. The second-order valence-corrected chi connectivity index (χ2v) is 7.69. The zero-order valence-electron chi connectivity index (χ0n) is 15.1. The molecule has 0 fully saturated rings. The van der Waals surface area contributed by atoms with Crippen LogP contribution in [0, 0.1) is 0 Å². The lowest BCUT2D eigenvalue weighted by Gasteiger charge is -2.25. The molecule has 2 aromatic rings. The van der Waals surface area contributed by atoms with Gasteiger partial charge in [-0.2, -0.15) is 4.31 Å². The number of carbonyl (C=O) groups excluding carboxylic acids is 1. The molecule has 0 saturated heterocycles. The molecule has 0 aliphatic rings. The van der Waals surface area contributed by atoms with Crippen LogP contribution in [0.5, 0.6) is 11.5 Å². The molecule has 2 aromatic carbocycles. The lowest BCUT2D eigenvalue weighted by molar-refractivity contribution is -0.119. The lowest BCUT2D eigenvalue weighted by Crippen LogP contribution is -2.38. The molecule has 0 radical (unpaired) electrons. The van der Waals surface area contributed by atoms with Gasteiger partial charge in [-0.05, 0) is 17.7 Å². The molecule has 2 rings (SSSR count). The number of sulfonamides is 1. The van der Waals surface area contributed by atoms with Gasteiger partial charge in [0.05, 0.1) is 20.5 Å². The number of anilines is 1. The highest BCUT2D eigenvalue weighted by molar-refractivity contribution is 7.88. The summed E-state index contributed by atoms with van der Waals surface area (Å²) >= 11 is 0. The zero-order valence-corrected chi connectivity index (χ0v) is 15.9. The molecule has 8 heteroatoms. The monoisotopic (exact) mass is 378 g/mol. The van der Waals surface area contributed by atoms with E-state index in [0.717, 1.165) is 10.6 Å². The average molecular weight is 378 g/mol. The summed E-state index contributed by atoms with van der Waals surface area (Å²) in [5, 5.41) is 2.74. The normalized spacial score (nSPS) is 12.5. The van der Waals surface area contributed by atoms with Crippen LogP contribution in [-0.4, -0.2) is 46.2 Å². The van der Waals surface area contributed by atoms with Crippen LogP contribution < -0.4 is 14.8 Å². The van der Waals surface area contributed by atoms with Crippen molar-refractivity contribution >= 4 is 21.6 Å². The van der Waals surface area contributed by atoms with Gasteiger partial charge in [-0.3, -0.25) is 4.79 Å². The Morgan fingerprint density at radius 2 is 1.65 bits per heavy atom. The number of likely N-dealkylation sites (N-methyl/N-ethyl adjacent to an activating group) is 1. The molecule has 140 valence electrons. The topological polar surface area (TPSA) is 84.9 Å². The second-order valence-electron chi connectivity index (χ2n) is 5.65. The second kappa shape index (κ2) is 8.20. The Labute approximate surface area is 153 Å². The van der Waals surface area contributed by atoms with Crippen LogP contribution in [0.2, 0.25) is 0 Å². The Morgan fingerprint density at radius 1 is 1.04 bits per heavy atom. The quantitative estimate of drug-likeness (QED) is 0.799. The third-order valence-electron chi connectivity index (χ3n) is 3.90. The van der Waals surface area contributed by atoms with Gasteiger partial charge >= 0.3 is 0 Å². The summed E-state index contributed by atoms with van der Waals surface area (Å²) in [7, 11) is 0.803. The van der Waals surface area contributed by atoms with E-state index in [9.17, 15) is 13.2 Å². The first-order chi connectivity index (χ1) is 12.3. The number of hydrogen-bond donors (Lipinski definition) is 1. The molecule has 0 spiro atoms. The maximum Gasteiger partial charge on any atom is 0.247 e. The Hall–Kier alpha value is -2.58. The van der Waals surface area contributed by atoms with E-state index in [2.05, 4.69) is 5.32 Å². The highest BCUT2D eigenvalue weighted by Crippen LogP contribution is 2.31. The van der Waals surface area contributed by atoms with Crippen molar-refractivity contribution in [3.8, 4) is 11.5 Å². The molecule has 1 N–H and O–H groups in total. The summed E-state index contributed by atoms with van der Waals surface area (Å²) in [5.74, 6) is 0.507. The van der Waals surface area contributed by atoms with Crippen molar-refractivity contribution in [3.63, 3.8) is 0 Å². The fourth-order valence-corrected chi connectivity index (χ4v) is 3.08. The lowest BCUT2D eigenvalue weighted by atomic mass is 10.1. The van der Waals surface area contributed by atoms with Crippen LogP contribution in [0.4, 0.5) is 5.69 Å². The van der Waals surface area contributed by atoms with Gasteiger partial charge in [-0.15, -0.1) is 0 Å². The number of carbonyl (C=O) groups is 1. The standard InChI is InChI=1S/C18H22N2O5S/c1-20(26(4,22)23)17(13-8-6-5-7-9-13)18(21)19-14-10-11-15(24-2)16(12-14)25-3/h5-12,17H,1-4H3,(H,19,21). The van der Waals surface area contributed by atoms with Gasteiger partial charge in [-0.25, -0.2) is 8.42 Å². The Morgan fingerprint density at radius 3 is 2.19 bits per heavy atom. The van der Waals surface area contributed by atoms with E-state index in [4.69, 9.17) is 9.47 Å². The number of nitrogens with zero attached hydrogens (tertiary/aromatic N) is 1. The van der Waals surface area contributed by atoms with Gasteiger partial charge in [0.15, 0.2) is 11.5 Å². The summed E-state index contributed by atoms with van der Waals surface area (Å²) in [6.45, 7) is 0.